The number of nitrogens with zero attached hydrogens (tertiary/aromatic N) is 1. The highest BCUT2D eigenvalue weighted by Crippen LogP contribution is 2.36. The van der Waals surface area contributed by atoms with Crippen LogP contribution >= 0.6 is 22.9 Å². The van der Waals surface area contributed by atoms with Gasteiger partial charge in [-0.15, -0.1) is 11.3 Å². The fourth-order valence-electron chi connectivity index (χ4n) is 2.98. The fraction of sp³-hybridized carbons (Fsp3) is 0.294. The molecule has 1 aliphatic rings. The minimum atomic E-state index is -0.458. The van der Waals surface area contributed by atoms with E-state index in [0.717, 1.165) is 21.4 Å². The number of hydrogen-bond donors (Lipinski definition) is 1. The van der Waals surface area contributed by atoms with Gasteiger partial charge in [0.1, 0.15) is 4.70 Å². The molecule has 5 nitrogen and oxygen atoms in total. The smallest absolute Gasteiger partial charge is 0.333 e. The first kappa shape index (κ1) is 15.6. The molecule has 3 aromatic rings. The topological polar surface area (TPSA) is 64.1 Å². The SMILES string of the molecule is CC1(C)Cc2sc3c(=O)n(-c4ccc(Cl)cc4)c(=O)[nH]c3c2CO1. The number of H-pyrrole nitrogens is 1. The van der Waals surface area contributed by atoms with Gasteiger partial charge in [-0.3, -0.25) is 4.79 Å². The summed E-state index contributed by atoms with van der Waals surface area (Å²) >= 11 is 7.32. The van der Waals surface area contributed by atoms with Gasteiger partial charge < -0.3 is 9.72 Å². The zero-order valence-electron chi connectivity index (χ0n) is 13.2. The van der Waals surface area contributed by atoms with Crippen molar-refractivity contribution in [3.05, 3.63) is 60.6 Å². The molecule has 0 aliphatic carbocycles. The summed E-state index contributed by atoms with van der Waals surface area (Å²) in [7, 11) is 0. The third-order valence-electron chi connectivity index (χ3n) is 4.20. The Hall–Kier alpha value is -1.89. The van der Waals surface area contributed by atoms with Crippen molar-refractivity contribution in [3.8, 4) is 5.69 Å². The van der Waals surface area contributed by atoms with Crippen molar-refractivity contribution >= 4 is 33.2 Å². The molecule has 1 aromatic carbocycles. The van der Waals surface area contributed by atoms with Crippen LogP contribution in [0.25, 0.3) is 15.9 Å². The van der Waals surface area contributed by atoms with Crippen LogP contribution in [0.4, 0.5) is 0 Å². The van der Waals surface area contributed by atoms with Crippen LogP contribution in [0.2, 0.25) is 5.02 Å². The Bertz CT molecular complexity index is 1060. The molecule has 0 amide bonds. The second-order valence-corrected chi connectivity index (χ2v) is 8.02. The largest absolute Gasteiger partial charge is 0.370 e. The summed E-state index contributed by atoms with van der Waals surface area (Å²) in [6, 6.07) is 6.63. The molecule has 0 saturated heterocycles. The number of nitrogens with one attached hydrogen (secondary N) is 1. The van der Waals surface area contributed by atoms with Crippen LogP contribution in [0.5, 0.6) is 0 Å². The standard InChI is InChI=1S/C17H15ClN2O3S/c1-17(2)7-12-11(8-23-17)13-14(24-12)15(21)20(16(22)19-13)10-5-3-9(18)4-6-10/h3-6H,7-8H2,1-2H3,(H,19,22). The third kappa shape index (κ3) is 2.42. The molecule has 124 valence electrons. The van der Waals surface area contributed by atoms with Gasteiger partial charge in [-0.2, -0.15) is 0 Å². The third-order valence-corrected chi connectivity index (χ3v) is 5.67. The summed E-state index contributed by atoms with van der Waals surface area (Å²) in [6.07, 6.45) is 0.726. The van der Waals surface area contributed by atoms with E-state index in [9.17, 15) is 9.59 Å². The number of aromatic nitrogens is 2. The number of aromatic amines is 1. The highest BCUT2D eigenvalue weighted by atomic mass is 35.5. The number of thiophene rings is 1. The van der Waals surface area contributed by atoms with Crippen LogP contribution in [0, 0.1) is 0 Å². The number of rotatable bonds is 1. The second kappa shape index (κ2) is 5.31. The van der Waals surface area contributed by atoms with Crippen LogP contribution in [0.15, 0.2) is 33.9 Å². The molecule has 24 heavy (non-hydrogen) atoms. The summed E-state index contributed by atoms with van der Waals surface area (Å²) in [6.45, 7) is 4.45. The molecule has 0 spiro atoms. The van der Waals surface area contributed by atoms with Crippen LogP contribution in [-0.4, -0.2) is 15.2 Å². The van der Waals surface area contributed by atoms with E-state index in [1.165, 1.54) is 11.3 Å². The van der Waals surface area contributed by atoms with Gasteiger partial charge in [-0.05, 0) is 38.1 Å². The molecule has 0 saturated carbocycles. The lowest BCUT2D eigenvalue weighted by molar-refractivity contribution is -0.0383. The lowest BCUT2D eigenvalue weighted by Gasteiger charge is -2.29. The maximum absolute atomic E-state index is 12.9. The van der Waals surface area contributed by atoms with Gasteiger partial charge in [-0.1, -0.05) is 11.6 Å². The van der Waals surface area contributed by atoms with Gasteiger partial charge in [0.2, 0.25) is 0 Å². The number of ether oxygens (including phenoxy) is 1. The molecular weight excluding hydrogens is 348 g/mol. The molecule has 7 heteroatoms. The maximum Gasteiger partial charge on any atom is 0.333 e. The highest BCUT2D eigenvalue weighted by Gasteiger charge is 2.30. The second-order valence-electron chi connectivity index (χ2n) is 6.48. The fourth-order valence-corrected chi connectivity index (χ4v) is 4.51. The average Bonchev–Trinajstić information content (AvgIpc) is 2.85. The Kier molecular flexibility index (Phi) is 3.46. The van der Waals surface area contributed by atoms with E-state index in [0.29, 0.717) is 27.5 Å². The van der Waals surface area contributed by atoms with Crippen molar-refractivity contribution in [3.63, 3.8) is 0 Å². The molecule has 0 radical (unpaired) electrons. The highest BCUT2D eigenvalue weighted by molar-refractivity contribution is 7.19. The van der Waals surface area contributed by atoms with Crippen LogP contribution < -0.4 is 11.2 Å². The first-order chi connectivity index (χ1) is 11.4. The van der Waals surface area contributed by atoms with E-state index in [4.69, 9.17) is 16.3 Å². The van der Waals surface area contributed by atoms with Crippen molar-refractivity contribution < 1.29 is 4.74 Å². The van der Waals surface area contributed by atoms with Crippen molar-refractivity contribution in [1.29, 1.82) is 0 Å². The Morgan fingerprint density at radius 1 is 1.25 bits per heavy atom. The minimum Gasteiger partial charge on any atom is -0.370 e. The minimum absolute atomic E-state index is 0.261. The first-order valence-corrected chi connectivity index (χ1v) is 8.75. The number of benzene rings is 1. The molecule has 0 unspecified atom stereocenters. The predicted octanol–water partition coefficient (Wildman–Crippen LogP) is 3.25. The Morgan fingerprint density at radius 2 is 1.96 bits per heavy atom. The van der Waals surface area contributed by atoms with Crippen LogP contribution in [-0.2, 0) is 17.8 Å². The lowest BCUT2D eigenvalue weighted by atomic mass is 9.98. The molecule has 2 aromatic heterocycles. The van der Waals surface area contributed by atoms with E-state index in [-0.39, 0.29) is 11.2 Å². The summed E-state index contributed by atoms with van der Waals surface area (Å²) in [5, 5.41) is 0.551. The van der Waals surface area contributed by atoms with Gasteiger partial charge in [0, 0.05) is 21.9 Å². The van der Waals surface area contributed by atoms with Gasteiger partial charge in [0.05, 0.1) is 23.4 Å². The predicted molar refractivity (Wildman–Crippen MR) is 95.6 cm³/mol. The van der Waals surface area contributed by atoms with Gasteiger partial charge in [0.15, 0.2) is 0 Å². The van der Waals surface area contributed by atoms with E-state index in [1.807, 2.05) is 13.8 Å². The summed E-state index contributed by atoms with van der Waals surface area (Å²) in [5.41, 5.74) is 0.991. The first-order valence-electron chi connectivity index (χ1n) is 7.55. The van der Waals surface area contributed by atoms with Crippen LogP contribution in [0.1, 0.15) is 24.3 Å². The molecule has 0 bridgehead atoms. The normalized spacial score (nSPS) is 16.3. The lowest BCUT2D eigenvalue weighted by Crippen LogP contribution is -2.33. The van der Waals surface area contributed by atoms with Crippen LogP contribution in [0.3, 0.4) is 0 Å². The molecule has 0 atom stereocenters. The van der Waals surface area contributed by atoms with Gasteiger partial charge in [0.25, 0.3) is 5.56 Å². The maximum atomic E-state index is 12.9. The van der Waals surface area contributed by atoms with E-state index in [2.05, 4.69) is 4.98 Å². The molecule has 1 aliphatic heterocycles. The Labute approximate surface area is 146 Å². The molecule has 1 N–H and O–H groups in total. The van der Waals surface area contributed by atoms with E-state index >= 15 is 0 Å². The quantitative estimate of drug-likeness (QED) is 0.722. The summed E-state index contributed by atoms with van der Waals surface area (Å²) < 4.78 is 7.52. The Balaban J connectivity index is 1.98. The Morgan fingerprint density at radius 3 is 2.67 bits per heavy atom. The molecular formula is C17H15ClN2O3S. The molecule has 4 rings (SSSR count). The summed E-state index contributed by atoms with van der Waals surface area (Å²) in [5.74, 6) is 0. The monoisotopic (exact) mass is 362 g/mol. The van der Waals surface area contributed by atoms with E-state index < -0.39 is 5.69 Å². The average molecular weight is 363 g/mol. The van der Waals surface area contributed by atoms with Crippen molar-refractivity contribution in [2.75, 3.05) is 0 Å². The van der Waals surface area contributed by atoms with Gasteiger partial charge in [-0.25, -0.2) is 9.36 Å². The molecule has 3 heterocycles. The van der Waals surface area contributed by atoms with Crippen molar-refractivity contribution in [2.24, 2.45) is 0 Å². The molecule has 0 fully saturated rings. The van der Waals surface area contributed by atoms with Crippen molar-refractivity contribution in [1.82, 2.24) is 9.55 Å². The zero-order chi connectivity index (χ0) is 17.1. The number of halogens is 1. The number of fused-ring (bicyclic) bond motifs is 3. The summed E-state index contributed by atoms with van der Waals surface area (Å²) in [4.78, 5) is 29.3. The van der Waals surface area contributed by atoms with Gasteiger partial charge >= 0.3 is 5.69 Å². The van der Waals surface area contributed by atoms with Crippen molar-refractivity contribution in [2.45, 2.75) is 32.5 Å². The zero-order valence-corrected chi connectivity index (χ0v) is 14.8. The number of hydrogen-bond acceptors (Lipinski definition) is 4. The van der Waals surface area contributed by atoms with E-state index in [1.54, 1.807) is 24.3 Å².